The van der Waals surface area contributed by atoms with Gasteiger partial charge in [-0.3, -0.25) is 0 Å². The van der Waals surface area contributed by atoms with Crippen molar-refractivity contribution >= 4 is 204 Å². The Labute approximate surface area is 787 Å². The number of nitrogens with zero attached hydrogens (tertiary/aromatic N) is 5. The monoisotopic (exact) mass is 1730 g/mol. The Balaban J connectivity index is 0.923. The first-order chi connectivity index (χ1) is 62.9. The molecule has 16 aromatic rings. The second kappa shape index (κ2) is 28.5. The molecule has 8 nitrogen and oxygen atoms in total. The second-order valence-corrected chi connectivity index (χ2v) is 47.4. The van der Waals surface area contributed by atoms with Gasteiger partial charge in [-0.1, -0.05) is 348 Å². The largest absolute Gasteiger partial charge is 0.457 e. The van der Waals surface area contributed by atoms with E-state index < -0.39 is 19.4 Å². The van der Waals surface area contributed by atoms with Crippen LogP contribution >= 0.6 is 0 Å². The van der Waals surface area contributed by atoms with Gasteiger partial charge in [0.05, 0.1) is 16.9 Å². The molecule has 0 fully saturated rings. The number of ether oxygens (including phenoxy) is 2. The highest BCUT2D eigenvalue weighted by Crippen LogP contribution is 2.61. The molecule has 658 valence electrons. The van der Waals surface area contributed by atoms with Crippen LogP contribution in [0.4, 0.5) is 85.3 Å². The van der Waals surface area contributed by atoms with E-state index in [1.807, 2.05) is 30.3 Å². The maximum absolute atomic E-state index is 16.3. The average Bonchev–Trinajstić information content (AvgIpc) is 0.652. The van der Waals surface area contributed by atoms with Crippen molar-refractivity contribution in [1.29, 1.82) is 0 Å². The maximum atomic E-state index is 16.3. The van der Waals surface area contributed by atoms with E-state index in [1.165, 1.54) is 105 Å². The Morgan fingerprint density at radius 3 is 0.865 bits per heavy atom. The molecule has 0 N–H and O–H groups in total. The Bertz CT molecular complexity index is 7650. The van der Waals surface area contributed by atoms with Crippen LogP contribution < -0.4 is 78.4 Å². The Morgan fingerprint density at radius 1 is 0.256 bits per heavy atom. The van der Waals surface area contributed by atoms with Crippen molar-refractivity contribution in [3.8, 4) is 11.5 Å². The van der Waals surface area contributed by atoms with E-state index >= 15 is 4.79 Å². The van der Waals surface area contributed by atoms with E-state index in [-0.39, 0.29) is 56.6 Å². The number of rotatable bonds is 7. The first kappa shape index (κ1) is 84.3. The van der Waals surface area contributed by atoms with Crippen LogP contribution in [0.1, 0.15) is 227 Å². The van der Waals surface area contributed by atoms with Gasteiger partial charge in [0.2, 0.25) is 0 Å². The predicted octanol–water partition coefficient (Wildman–Crippen LogP) is 26.9. The van der Waals surface area contributed by atoms with Crippen molar-refractivity contribution in [2.75, 3.05) is 24.5 Å². The van der Waals surface area contributed by atoms with E-state index in [9.17, 15) is 0 Å². The van der Waals surface area contributed by atoms with E-state index in [0.717, 1.165) is 134 Å². The number of hydrogen-bond donors (Lipinski definition) is 0. The zero-order valence-electron chi connectivity index (χ0n) is 81.8. The number of anilines is 15. The molecule has 0 saturated carbocycles. The van der Waals surface area contributed by atoms with Crippen LogP contribution in [0.3, 0.4) is 0 Å². The predicted molar refractivity (Wildman–Crippen MR) is 569 cm³/mol. The number of carbonyl (C=O) groups excluding carboxylic acids is 1. The van der Waals surface area contributed by atoms with Crippen molar-refractivity contribution in [3.63, 3.8) is 0 Å². The fourth-order valence-electron chi connectivity index (χ4n) is 22.6. The minimum absolute atomic E-state index is 0.103. The van der Waals surface area contributed by atoms with E-state index in [2.05, 4.69) is 427 Å². The zero-order chi connectivity index (χ0) is 92.8. The molecule has 0 atom stereocenters. The fraction of sp³-hybridized carbons (Fsp3) is 0.270. The lowest BCUT2D eigenvalue weighted by Gasteiger charge is -2.53. The van der Waals surface area contributed by atoms with Gasteiger partial charge in [0, 0.05) is 84.7 Å². The standard InChI is InChI=1S/C122H118B3N5O3/c1-115(2,3)78-54-79(116(4,5)6)59-86(58-78)126-98-50-73-40-30-28-38-71(73)46-92(98)123-94-66-95-101(67-100(94)128(88-62-82(119(13,14)15)56-83(63-88)120(16,17)18)103-53-77(52-102(126)106(103)123)114(131)132-69-70-36-26-25-27-37-70)129(89-64-84(121(19,20)21)57-85(65-89)122(22,23)24)105-68-104-107-111-108(105)125(95)97-49-76-43-33-35-45-91(76)113-110(97)130(111)109-96(48-75-42-32-34-44-90(75)112(109)133-113)124(107)93-47-72-39-29-31-41-74(72)51-99(93)127(104)87-60-80(117(7,8)9)55-81(61-87)118(10,11)12/h25-68H,69H2,1-24H3. The zero-order valence-corrected chi connectivity index (χ0v) is 81.8. The normalized spacial score (nSPS) is 14.6. The molecule has 0 spiro atoms. The molecule has 0 amide bonds. The molecule has 7 aliphatic heterocycles. The highest BCUT2D eigenvalue weighted by Gasteiger charge is 2.57. The van der Waals surface area contributed by atoms with Gasteiger partial charge in [-0.25, -0.2) is 4.79 Å². The van der Waals surface area contributed by atoms with Gasteiger partial charge < -0.3 is 34.0 Å². The molecule has 11 heteroatoms. The summed E-state index contributed by atoms with van der Waals surface area (Å²) in [5, 5.41) is 9.05. The molecule has 0 aromatic heterocycles. The van der Waals surface area contributed by atoms with Gasteiger partial charge in [-0.15, -0.1) is 0 Å². The Hall–Kier alpha value is -13.0. The third-order valence-corrected chi connectivity index (χ3v) is 30.1. The van der Waals surface area contributed by atoms with Gasteiger partial charge in [-0.2, -0.15) is 0 Å². The highest BCUT2D eigenvalue weighted by molar-refractivity contribution is 7.06. The topological polar surface area (TPSA) is 51.7 Å². The average molecular weight is 1730 g/mol. The van der Waals surface area contributed by atoms with Crippen LogP contribution in [0, 0.1) is 0 Å². The minimum Gasteiger partial charge on any atom is -0.457 e. The molecule has 0 aliphatic carbocycles. The molecule has 0 radical (unpaired) electrons. The lowest BCUT2D eigenvalue weighted by molar-refractivity contribution is 0.0472. The molecule has 0 bridgehead atoms. The first-order valence-corrected chi connectivity index (χ1v) is 48.2. The van der Waals surface area contributed by atoms with Crippen molar-refractivity contribution < 1.29 is 14.3 Å². The molecule has 23 rings (SSSR count). The van der Waals surface area contributed by atoms with Crippen molar-refractivity contribution in [2.24, 2.45) is 0 Å². The summed E-state index contributed by atoms with van der Waals surface area (Å²) in [5.74, 6) is 1.34. The summed E-state index contributed by atoms with van der Waals surface area (Å²) in [4.78, 5) is 29.7. The third-order valence-electron chi connectivity index (χ3n) is 30.1. The number of benzene rings is 16. The summed E-state index contributed by atoms with van der Waals surface area (Å²) in [7, 11) is 0. The first-order valence-electron chi connectivity index (χ1n) is 48.2. The summed E-state index contributed by atoms with van der Waals surface area (Å²) < 4.78 is 15.0. The SMILES string of the molecule is CC(C)(C)c1cc(N2c3cc4c(cc3B3c5cc6ccccc6cc5N(c5cc(C(C)(C)C)cc(C(C)(C)C)c5)c5cc(C(=O)OCc6ccccc6)cc2c53)B2c3cc5ccccc5c5c3N3c6c2c(cc2c6B(c6cc7ccccc7cc6N2c2cc(C(C)(C)C)cc(C(C)(C)C)c2)c2cc6ccccc6c(c23)O5)N4c2cc(C(C)(C)C)cc(C(C)(C)C)c2)cc(C(C)(C)C)c1. The third kappa shape index (κ3) is 13.2. The highest BCUT2D eigenvalue weighted by atomic mass is 16.5. The lowest BCUT2D eigenvalue weighted by atomic mass is 9.27. The summed E-state index contributed by atoms with van der Waals surface area (Å²) in [6.07, 6.45) is 0. The van der Waals surface area contributed by atoms with Crippen LogP contribution in [-0.4, -0.2) is 26.1 Å². The van der Waals surface area contributed by atoms with Gasteiger partial charge >= 0.3 is 5.97 Å². The van der Waals surface area contributed by atoms with Gasteiger partial charge in [-0.05, 0) is 260 Å². The van der Waals surface area contributed by atoms with Gasteiger partial charge in [0.1, 0.15) is 6.61 Å². The lowest BCUT2D eigenvalue weighted by Crippen LogP contribution is -2.69. The molecule has 0 saturated heterocycles. The van der Waals surface area contributed by atoms with E-state index in [0.29, 0.717) is 5.56 Å². The second-order valence-electron chi connectivity index (χ2n) is 47.4. The Morgan fingerprint density at radius 2 is 0.526 bits per heavy atom. The summed E-state index contributed by atoms with van der Waals surface area (Å²) >= 11 is 0. The van der Waals surface area contributed by atoms with Crippen molar-refractivity contribution in [1.82, 2.24) is 0 Å². The molecule has 133 heavy (non-hydrogen) atoms. The number of esters is 1. The summed E-state index contributed by atoms with van der Waals surface area (Å²) in [6.45, 7) is 55.7. The Kier molecular flexibility index (Phi) is 18.1. The molecule has 7 heterocycles. The van der Waals surface area contributed by atoms with Crippen molar-refractivity contribution in [3.05, 3.63) is 323 Å². The molecular formula is C122H118B3N5O3. The molecule has 7 aliphatic rings. The molecule has 0 unspecified atom stereocenters. The van der Waals surface area contributed by atoms with Gasteiger partial charge in [0.25, 0.3) is 20.1 Å². The van der Waals surface area contributed by atoms with Crippen LogP contribution in [0.15, 0.2) is 267 Å². The van der Waals surface area contributed by atoms with Gasteiger partial charge in [0.15, 0.2) is 11.5 Å². The molecule has 16 aromatic carbocycles. The summed E-state index contributed by atoms with van der Waals surface area (Å²) in [6, 6.07) is 104. The van der Waals surface area contributed by atoms with E-state index in [1.54, 1.807) is 0 Å². The smallest absolute Gasteiger partial charge is 0.338 e. The number of hydrogen-bond acceptors (Lipinski definition) is 8. The maximum Gasteiger partial charge on any atom is 0.338 e. The fourth-order valence-corrected chi connectivity index (χ4v) is 22.6. The van der Waals surface area contributed by atoms with E-state index in [4.69, 9.17) is 9.47 Å². The van der Waals surface area contributed by atoms with Crippen molar-refractivity contribution in [2.45, 2.75) is 216 Å². The number of carbonyl (C=O) groups is 1. The minimum atomic E-state index is -0.427. The van der Waals surface area contributed by atoms with Crippen LogP contribution in [0.5, 0.6) is 11.5 Å². The van der Waals surface area contributed by atoms with Crippen LogP contribution in [0.2, 0.25) is 0 Å². The summed E-state index contributed by atoms with van der Waals surface area (Å²) in [5.41, 5.74) is 36.1. The van der Waals surface area contributed by atoms with Crippen LogP contribution in [-0.2, 0) is 54.7 Å². The van der Waals surface area contributed by atoms with Crippen LogP contribution in [0.25, 0.3) is 43.1 Å². The molecular weight excluding hydrogens is 1620 g/mol. The quantitative estimate of drug-likeness (QED) is 0.116. The number of fused-ring (bicyclic) bond motifs is 16.